The molecule has 2 N–H and O–H groups in total. The molecule has 1 amide bonds. The smallest absolute Gasteiger partial charge is 0.341 e. The van der Waals surface area contributed by atoms with E-state index in [1.54, 1.807) is 6.92 Å². The molecule has 2 aromatic rings. The number of carbonyl (C=O) groups is 2. The van der Waals surface area contributed by atoms with Crippen molar-refractivity contribution in [2.75, 3.05) is 26.1 Å². The van der Waals surface area contributed by atoms with Crippen molar-refractivity contribution in [1.29, 1.82) is 0 Å². The Morgan fingerprint density at radius 3 is 2.35 bits per heavy atom. The van der Waals surface area contributed by atoms with Gasteiger partial charge in [0, 0.05) is 22.0 Å². The lowest BCUT2D eigenvalue weighted by atomic mass is 9.81. The Morgan fingerprint density at radius 1 is 1.18 bits per heavy atom. The predicted octanol–water partition coefficient (Wildman–Crippen LogP) is 4.26. The molecule has 1 aliphatic rings. The van der Waals surface area contributed by atoms with Crippen molar-refractivity contribution in [2.24, 2.45) is 0 Å². The largest absolute Gasteiger partial charge is 0.493 e. The van der Waals surface area contributed by atoms with Crippen LogP contribution >= 0.6 is 11.3 Å². The number of nitrogens with zero attached hydrogens (tertiary/aromatic N) is 1. The third-order valence-electron chi connectivity index (χ3n) is 5.49. The first-order valence-electron chi connectivity index (χ1n) is 10.7. The van der Waals surface area contributed by atoms with Crippen LogP contribution in [-0.4, -0.2) is 43.2 Å². The topological polar surface area (TPSA) is 129 Å². The van der Waals surface area contributed by atoms with Crippen LogP contribution in [0.2, 0.25) is 0 Å². The Bertz CT molecular complexity index is 1150. The van der Waals surface area contributed by atoms with Crippen LogP contribution in [0.3, 0.4) is 0 Å². The van der Waals surface area contributed by atoms with E-state index in [1.807, 2.05) is 27.7 Å². The molecule has 0 saturated heterocycles. The number of carbonyl (C=O) groups excluding carboxylic acids is 2. The zero-order valence-corrected chi connectivity index (χ0v) is 21.1. The molecule has 0 fully saturated rings. The number of thiophene rings is 1. The number of benzene rings is 1. The van der Waals surface area contributed by atoms with Crippen molar-refractivity contribution in [1.82, 2.24) is 5.32 Å². The Labute approximate surface area is 201 Å². The molecule has 34 heavy (non-hydrogen) atoms. The number of hydrogen-bond donors (Lipinski definition) is 2. The molecule has 0 aliphatic carbocycles. The van der Waals surface area contributed by atoms with Gasteiger partial charge in [0.15, 0.2) is 11.5 Å². The first-order valence-corrected chi connectivity index (χ1v) is 11.5. The molecule has 1 aromatic carbocycles. The van der Waals surface area contributed by atoms with Gasteiger partial charge in [0.1, 0.15) is 10.6 Å². The van der Waals surface area contributed by atoms with Gasteiger partial charge in [-0.2, -0.15) is 0 Å². The summed E-state index contributed by atoms with van der Waals surface area (Å²) in [5.74, 6) is -1.01. The SMILES string of the molecule is CCOC(=O)c1c(NC(=O)c2cc(OC)c(OC)cc2[N+](=O)[O-])sc2c1CC(C)(C)NC2(C)C. The summed E-state index contributed by atoms with van der Waals surface area (Å²) < 4.78 is 15.6. The minimum Gasteiger partial charge on any atom is -0.493 e. The lowest BCUT2D eigenvalue weighted by molar-refractivity contribution is -0.385. The van der Waals surface area contributed by atoms with E-state index in [-0.39, 0.29) is 39.8 Å². The van der Waals surface area contributed by atoms with Gasteiger partial charge in [0.2, 0.25) is 0 Å². The highest BCUT2D eigenvalue weighted by Crippen LogP contribution is 2.45. The molecule has 1 aromatic heterocycles. The van der Waals surface area contributed by atoms with Gasteiger partial charge in [0.25, 0.3) is 11.6 Å². The number of nitrogens with one attached hydrogen (secondary N) is 2. The van der Waals surface area contributed by atoms with E-state index in [4.69, 9.17) is 14.2 Å². The fourth-order valence-corrected chi connectivity index (χ4v) is 5.67. The summed E-state index contributed by atoms with van der Waals surface area (Å²) in [5, 5.41) is 18.2. The fraction of sp³-hybridized carbons (Fsp3) is 0.478. The van der Waals surface area contributed by atoms with Gasteiger partial charge < -0.3 is 24.8 Å². The first kappa shape index (κ1) is 25.4. The first-order chi connectivity index (χ1) is 15.8. The molecule has 0 atom stereocenters. The second-order valence-corrected chi connectivity index (χ2v) is 10.1. The molecule has 3 rings (SSSR count). The normalized spacial score (nSPS) is 15.7. The number of methoxy groups -OCH3 is 2. The number of nitro benzene ring substituents is 1. The molecule has 10 nitrogen and oxygen atoms in total. The number of amides is 1. The van der Waals surface area contributed by atoms with Crippen molar-refractivity contribution in [3.8, 4) is 11.5 Å². The lowest BCUT2D eigenvalue weighted by Gasteiger charge is -2.42. The van der Waals surface area contributed by atoms with Gasteiger partial charge in [-0.15, -0.1) is 11.3 Å². The van der Waals surface area contributed by atoms with Crippen molar-refractivity contribution >= 4 is 33.9 Å². The van der Waals surface area contributed by atoms with Crippen LogP contribution in [0.15, 0.2) is 12.1 Å². The highest BCUT2D eigenvalue weighted by Gasteiger charge is 2.42. The van der Waals surface area contributed by atoms with Crippen LogP contribution in [0, 0.1) is 10.1 Å². The molecule has 1 aliphatic heterocycles. The van der Waals surface area contributed by atoms with Gasteiger partial charge in [-0.3, -0.25) is 14.9 Å². The van der Waals surface area contributed by atoms with Gasteiger partial charge in [-0.25, -0.2) is 4.79 Å². The molecule has 2 heterocycles. The van der Waals surface area contributed by atoms with Crippen LogP contribution in [0.5, 0.6) is 11.5 Å². The second kappa shape index (κ2) is 9.22. The molecular weight excluding hydrogens is 462 g/mol. The zero-order valence-electron chi connectivity index (χ0n) is 20.3. The van der Waals surface area contributed by atoms with E-state index in [1.165, 1.54) is 31.6 Å². The third kappa shape index (κ3) is 4.71. The van der Waals surface area contributed by atoms with Crippen molar-refractivity contribution in [3.05, 3.63) is 43.8 Å². The van der Waals surface area contributed by atoms with E-state index in [0.29, 0.717) is 6.42 Å². The maximum absolute atomic E-state index is 13.3. The molecule has 0 spiro atoms. The Balaban J connectivity index is 2.14. The number of anilines is 1. The monoisotopic (exact) mass is 491 g/mol. The van der Waals surface area contributed by atoms with E-state index in [9.17, 15) is 19.7 Å². The summed E-state index contributed by atoms with van der Waals surface area (Å²) in [6.45, 7) is 9.96. The summed E-state index contributed by atoms with van der Waals surface area (Å²) in [6, 6.07) is 2.38. The minimum absolute atomic E-state index is 0.125. The Kier molecular flexibility index (Phi) is 6.90. The number of nitro groups is 1. The number of fused-ring (bicyclic) bond motifs is 1. The van der Waals surface area contributed by atoms with Crippen LogP contribution in [0.1, 0.15) is 65.8 Å². The molecule has 0 radical (unpaired) electrons. The van der Waals surface area contributed by atoms with Crippen LogP contribution in [0.4, 0.5) is 10.7 Å². The van der Waals surface area contributed by atoms with E-state index in [0.717, 1.165) is 16.5 Å². The molecule has 0 saturated carbocycles. The summed E-state index contributed by atoms with van der Waals surface area (Å²) in [7, 11) is 2.72. The summed E-state index contributed by atoms with van der Waals surface area (Å²) in [6.07, 6.45) is 0.544. The van der Waals surface area contributed by atoms with E-state index in [2.05, 4.69) is 10.6 Å². The molecule has 11 heteroatoms. The molecule has 0 bridgehead atoms. The standard InChI is InChI=1S/C23H29N3O7S/c1-8-33-21(28)17-13-11-22(2,3)25-23(4,5)18(13)34-20(17)24-19(27)12-9-15(31-6)16(32-7)10-14(12)26(29)30/h9-10,25H,8,11H2,1-7H3,(H,24,27). The van der Waals surface area contributed by atoms with Gasteiger partial charge >= 0.3 is 5.97 Å². The lowest BCUT2D eigenvalue weighted by Crippen LogP contribution is -2.55. The Hall–Kier alpha value is -3.18. The number of esters is 1. The van der Waals surface area contributed by atoms with Crippen molar-refractivity contribution in [3.63, 3.8) is 0 Å². The summed E-state index contributed by atoms with van der Waals surface area (Å²) >= 11 is 1.26. The van der Waals surface area contributed by atoms with E-state index >= 15 is 0 Å². The van der Waals surface area contributed by atoms with Crippen LogP contribution in [0.25, 0.3) is 0 Å². The molecule has 0 unspecified atom stereocenters. The third-order valence-corrected chi connectivity index (χ3v) is 6.97. The maximum Gasteiger partial charge on any atom is 0.341 e. The van der Waals surface area contributed by atoms with Gasteiger partial charge in [-0.05, 0) is 46.6 Å². The second-order valence-electron chi connectivity index (χ2n) is 9.08. The maximum atomic E-state index is 13.3. The number of hydrogen-bond acceptors (Lipinski definition) is 9. The average Bonchev–Trinajstić information content (AvgIpc) is 3.09. The van der Waals surface area contributed by atoms with Crippen molar-refractivity contribution in [2.45, 2.75) is 52.1 Å². The summed E-state index contributed by atoms with van der Waals surface area (Å²) in [5.41, 5.74) is -0.363. The minimum atomic E-state index is -0.748. The molecular formula is C23H29N3O7S. The highest BCUT2D eigenvalue weighted by molar-refractivity contribution is 7.17. The van der Waals surface area contributed by atoms with Gasteiger partial charge in [0.05, 0.1) is 37.4 Å². The summed E-state index contributed by atoms with van der Waals surface area (Å²) in [4.78, 5) is 38.1. The zero-order chi connectivity index (χ0) is 25.4. The highest BCUT2D eigenvalue weighted by atomic mass is 32.1. The Morgan fingerprint density at radius 2 is 1.79 bits per heavy atom. The average molecular weight is 492 g/mol. The predicted molar refractivity (Wildman–Crippen MR) is 128 cm³/mol. The van der Waals surface area contributed by atoms with E-state index < -0.39 is 28.0 Å². The number of ether oxygens (including phenoxy) is 3. The van der Waals surface area contributed by atoms with Crippen LogP contribution < -0.4 is 20.1 Å². The van der Waals surface area contributed by atoms with Crippen molar-refractivity contribution < 1.29 is 28.7 Å². The number of rotatable bonds is 7. The fourth-order valence-electron chi connectivity index (χ4n) is 4.41. The van der Waals surface area contributed by atoms with Gasteiger partial charge in [-0.1, -0.05) is 0 Å². The quantitative estimate of drug-likeness (QED) is 0.334. The molecule has 184 valence electrons. The van der Waals surface area contributed by atoms with Crippen LogP contribution in [-0.2, 0) is 16.7 Å².